The summed E-state index contributed by atoms with van der Waals surface area (Å²) in [7, 11) is 0. The second-order valence-corrected chi connectivity index (χ2v) is 7.93. The Morgan fingerprint density at radius 3 is 2.88 bits per heavy atom. The molecular weight excluding hydrogens is 384 g/mol. The van der Waals surface area contributed by atoms with Crippen LogP contribution in [0.3, 0.4) is 0 Å². The summed E-state index contributed by atoms with van der Waals surface area (Å²) in [5.74, 6) is -0.578. The number of carbonyl (C=O) groups is 2. The number of amides is 2. The van der Waals surface area contributed by atoms with Crippen molar-refractivity contribution in [3.8, 4) is 0 Å². The molecule has 1 aromatic heterocycles. The molecule has 24 heavy (non-hydrogen) atoms. The third-order valence-electron chi connectivity index (χ3n) is 3.10. The molecule has 2 amide bonds. The minimum Gasteiger partial charge on any atom is -0.324 e. The average Bonchev–Trinajstić information content (AvgIpc) is 3.12. The molecule has 1 saturated heterocycles. The summed E-state index contributed by atoms with van der Waals surface area (Å²) in [6.07, 6.45) is 1.79. The van der Waals surface area contributed by atoms with Crippen molar-refractivity contribution >= 4 is 74.8 Å². The van der Waals surface area contributed by atoms with Gasteiger partial charge < -0.3 is 5.32 Å². The molecular formula is C16H11ClN2O2S3. The first-order chi connectivity index (χ1) is 11.5. The molecule has 1 fully saturated rings. The number of thioether (sulfide) groups is 1. The Morgan fingerprint density at radius 1 is 1.33 bits per heavy atom. The van der Waals surface area contributed by atoms with Crippen LogP contribution >= 0.6 is 46.9 Å². The fourth-order valence-electron chi connectivity index (χ4n) is 2.05. The highest BCUT2D eigenvalue weighted by molar-refractivity contribution is 8.26. The molecule has 1 aromatic carbocycles. The lowest BCUT2D eigenvalue weighted by Crippen LogP contribution is -2.36. The van der Waals surface area contributed by atoms with Gasteiger partial charge in [0, 0.05) is 15.6 Å². The summed E-state index contributed by atoms with van der Waals surface area (Å²) in [5.41, 5.74) is 0.576. The van der Waals surface area contributed by atoms with Crippen LogP contribution in [0.5, 0.6) is 0 Å². The van der Waals surface area contributed by atoms with Gasteiger partial charge in [0.1, 0.15) is 10.9 Å². The highest BCUT2D eigenvalue weighted by Crippen LogP contribution is 2.33. The highest BCUT2D eigenvalue weighted by atomic mass is 35.5. The van der Waals surface area contributed by atoms with Crippen molar-refractivity contribution in [1.82, 2.24) is 4.90 Å². The topological polar surface area (TPSA) is 49.4 Å². The van der Waals surface area contributed by atoms with E-state index < -0.39 is 0 Å². The number of halogens is 1. The van der Waals surface area contributed by atoms with Crippen molar-refractivity contribution in [2.45, 2.75) is 0 Å². The predicted molar refractivity (Wildman–Crippen MR) is 104 cm³/mol. The molecule has 122 valence electrons. The van der Waals surface area contributed by atoms with Crippen LogP contribution in [0.25, 0.3) is 6.08 Å². The monoisotopic (exact) mass is 394 g/mol. The summed E-state index contributed by atoms with van der Waals surface area (Å²) in [5, 5.41) is 5.17. The maximum Gasteiger partial charge on any atom is 0.266 e. The summed E-state index contributed by atoms with van der Waals surface area (Å²) < 4.78 is 0.379. The lowest BCUT2D eigenvalue weighted by atomic mass is 10.3. The molecule has 2 heterocycles. The fourth-order valence-corrected chi connectivity index (χ4v) is 4.22. The highest BCUT2D eigenvalue weighted by Gasteiger charge is 2.33. The Bertz CT molecular complexity index is 834. The molecule has 1 aliphatic heterocycles. The van der Waals surface area contributed by atoms with Gasteiger partial charge in [-0.1, -0.05) is 47.7 Å². The van der Waals surface area contributed by atoms with Crippen LogP contribution in [0.1, 0.15) is 4.88 Å². The Balaban J connectivity index is 1.67. The van der Waals surface area contributed by atoms with Crippen molar-refractivity contribution < 1.29 is 9.59 Å². The lowest BCUT2D eigenvalue weighted by molar-refractivity contribution is -0.126. The molecule has 0 bridgehead atoms. The number of benzene rings is 1. The normalized spacial score (nSPS) is 16.0. The zero-order chi connectivity index (χ0) is 17.1. The fraction of sp³-hybridized carbons (Fsp3) is 0.0625. The lowest BCUT2D eigenvalue weighted by Gasteiger charge is -2.14. The van der Waals surface area contributed by atoms with Crippen molar-refractivity contribution in [3.05, 3.63) is 56.6 Å². The number of nitrogens with one attached hydrogen (secondary N) is 1. The molecule has 0 atom stereocenters. The van der Waals surface area contributed by atoms with Crippen LogP contribution in [0.15, 0.2) is 46.7 Å². The number of anilines is 1. The number of nitrogens with zero attached hydrogens (tertiary/aromatic N) is 1. The molecule has 0 aliphatic carbocycles. The Kier molecular flexibility index (Phi) is 5.35. The van der Waals surface area contributed by atoms with Gasteiger partial charge in [-0.25, -0.2) is 0 Å². The molecule has 0 unspecified atom stereocenters. The number of thiophene rings is 1. The molecule has 0 radical (unpaired) electrons. The second kappa shape index (κ2) is 7.48. The number of carbonyl (C=O) groups excluding carboxylic acids is 2. The summed E-state index contributed by atoms with van der Waals surface area (Å²) in [4.78, 5) is 27.4. The van der Waals surface area contributed by atoms with Gasteiger partial charge >= 0.3 is 0 Å². The SMILES string of the molecule is O=C(CN1C(=O)/C(=C\c2cccs2)SC1=S)Nc1cccc(Cl)c1. The second-order valence-electron chi connectivity index (χ2n) is 4.84. The Hall–Kier alpha value is -1.67. The molecule has 3 rings (SSSR count). The standard InChI is InChI=1S/C16H11ClN2O2S3/c17-10-3-1-4-11(7-10)18-14(20)9-19-15(21)13(24-16(19)22)8-12-5-2-6-23-12/h1-8H,9H2,(H,18,20)/b13-8+. The number of hydrogen-bond acceptors (Lipinski definition) is 5. The first-order valence-corrected chi connectivity index (χ1v) is 9.35. The van der Waals surface area contributed by atoms with Gasteiger partial charge in [0.05, 0.1) is 4.91 Å². The van der Waals surface area contributed by atoms with Gasteiger partial charge in [-0.15, -0.1) is 11.3 Å². The van der Waals surface area contributed by atoms with Crippen molar-refractivity contribution in [2.24, 2.45) is 0 Å². The van der Waals surface area contributed by atoms with Gasteiger partial charge in [0.15, 0.2) is 0 Å². The first-order valence-electron chi connectivity index (χ1n) is 6.87. The molecule has 0 spiro atoms. The Labute approximate surface area is 157 Å². The largest absolute Gasteiger partial charge is 0.324 e. The number of rotatable bonds is 4. The van der Waals surface area contributed by atoms with Crippen LogP contribution in [0.2, 0.25) is 5.02 Å². The number of hydrogen-bond donors (Lipinski definition) is 1. The van der Waals surface area contributed by atoms with E-state index in [1.807, 2.05) is 17.5 Å². The van der Waals surface area contributed by atoms with Crippen LogP contribution in [0.4, 0.5) is 5.69 Å². The van der Waals surface area contributed by atoms with Gasteiger partial charge in [0.25, 0.3) is 5.91 Å². The quantitative estimate of drug-likeness (QED) is 0.622. The van der Waals surface area contributed by atoms with E-state index in [-0.39, 0.29) is 18.4 Å². The van der Waals surface area contributed by atoms with E-state index >= 15 is 0 Å². The average molecular weight is 395 g/mol. The maximum atomic E-state index is 12.4. The number of thiocarbonyl (C=S) groups is 1. The predicted octanol–water partition coefficient (Wildman–Crippen LogP) is 4.24. The van der Waals surface area contributed by atoms with E-state index in [9.17, 15) is 9.59 Å². The van der Waals surface area contributed by atoms with E-state index in [0.717, 1.165) is 4.88 Å². The van der Waals surface area contributed by atoms with Crippen molar-refractivity contribution in [3.63, 3.8) is 0 Å². The summed E-state index contributed by atoms with van der Waals surface area (Å²) in [6.45, 7) is -0.126. The van der Waals surface area contributed by atoms with Crippen LogP contribution in [-0.4, -0.2) is 27.6 Å². The van der Waals surface area contributed by atoms with E-state index in [2.05, 4.69) is 5.32 Å². The van der Waals surface area contributed by atoms with Crippen LogP contribution in [-0.2, 0) is 9.59 Å². The summed E-state index contributed by atoms with van der Waals surface area (Å²) in [6, 6.07) is 10.7. The van der Waals surface area contributed by atoms with Crippen molar-refractivity contribution in [1.29, 1.82) is 0 Å². The minimum atomic E-state index is -0.328. The van der Waals surface area contributed by atoms with E-state index in [1.54, 1.807) is 30.3 Å². The van der Waals surface area contributed by atoms with E-state index in [1.165, 1.54) is 28.0 Å². The third-order valence-corrected chi connectivity index (χ3v) is 5.53. The third kappa shape index (κ3) is 4.05. The van der Waals surface area contributed by atoms with Crippen LogP contribution < -0.4 is 5.32 Å². The molecule has 4 nitrogen and oxygen atoms in total. The Morgan fingerprint density at radius 2 is 2.17 bits per heavy atom. The smallest absolute Gasteiger partial charge is 0.266 e. The van der Waals surface area contributed by atoms with Gasteiger partial charge in [-0.3, -0.25) is 14.5 Å². The molecule has 2 aromatic rings. The molecule has 0 saturated carbocycles. The van der Waals surface area contributed by atoms with Gasteiger partial charge in [-0.2, -0.15) is 0 Å². The first kappa shape index (κ1) is 17.2. The summed E-state index contributed by atoms with van der Waals surface area (Å²) >= 11 is 13.8. The molecule has 1 aliphatic rings. The van der Waals surface area contributed by atoms with E-state index in [0.29, 0.717) is 19.9 Å². The maximum absolute atomic E-state index is 12.4. The van der Waals surface area contributed by atoms with Gasteiger partial charge in [0.2, 0.25) is 5.91 Å². The zero-order valence-corrected chi connectivity index (χ0v) is 15.4. The molecule has 8 heteroatoms. The van der Waals surface area contributed by atoms with Crippen LogP contribution in [0, 0.1) is 0 Å². The zero-order valence-electron chi connectivity index (χ0n) is 12.2. The minimum absolute atomic E-state index is 0.126. The van der Waals surface area contributed by atoms with E-state index in [4.69, 9.17) is 23.8 Å². The molecule has 1 N–H and O–H groups in total. The van der Waals surface area contributed by atoms with Gasteiger partial charge in [-0.05, 0) is 35.7 Å². The van der Waals surface area contributed by atoms with Crippen molar-refractivity contribution in [2.75, 3.05) is 11.9 Å².